The molecule has 0 saturated carbocycles. The van der Waals surface area contributed by atoms with Crippen LogP contribution in [0.25, 0.3) is 0 Å². The summed E-state index contributed by atoms with van der Waals surface area (Å²) in [6, 6.07) is 5.12. The fraction of sp³-hybridized carbons (Fsp3) is 0.455. The first-order chi connectivity index (χ1) is 7.13. The van der Waals surface area contributed by atoms with Crippen molar-refractivity contribution in [3.8, 4) is 5.75 Å². The second-order valence-electron chi connectivity index (χ2n) is 3.61. The van der Waals surface area contributed by atoms with Gasteiger partial charge in [0.15, 0.2) is 0 Å². The van der Waals surface area contributed by atoms with Crippen LogP contribution in [0.4, 0.5) is 0 Å². The molecule has 0 atom stereocenters. The number of aromatic hydroxyl groups is 1. The van der Waals surface area contributed by atoms with E-state index in [1.807, 2.05) is 14.1 Å². The molecule has 0 aliphatic carbocycles. The zero-order chi connectivity index (χ0) is 11.3. The topological polar surface area (TPSA) is 35.5 Å². The zero-order valence-corrected chi connectivity index (χ0v) is 9.88. The van der Waals surface area contributed by atoms with Gasteiger partial charge in [-0.05, 0) is 32.3 Å². The van der Waals surface area contributed by atoms with E-state index < -0.39 is 0 Å². The van der Waals surface area contributed by atoms with Gasteiger partial charge in [0, 0.05) is 30.2 Å². The van der Waals surface area contributed by atoms with Crippen molar-refractivity contribution in [1.82, 2.24) is 10.2 Å². The number of likely N-dealkylation sites (N-methyl/N-ethyl adjacent to an activating group) is 2. The van der Waals surface area contributed by atoms with Crippen LogP contribution in [-0.2, 0) is 6.54 Å². The van der Waals surface area contributed by atoms with Crippen molar-refractivity contribution < 1.29 is 5.11 Å². The smallest absolute Gasteiger partial charge is 0.120 e. The van der Waals surface area contributed by atoms with Gasteiger partial charge in [-0.1, -0.05) is 11.6 Å². The van der Waals surface area contributed by atoms with Gasteiger partial charge in [0.2, 0.25) is 0 Å². The first-order valence-electron chi connectivity index (χ1n) is 4.94. The average molecular weight is 229 g/mol. The molecule has 0 fully saturated rings. The van der Waals surface area contributed by atoms with E-state index in [9.17, 15) is 5.11 Å². The van der Waals surface area contributed by atoms with Gasteiger partial charge in [0.05, 0.1) is 0 Å². The van der Waals surface area contributed by atoms with Gasteiger partial charge in [-0.25, -0.2) is 0 Å². The van der Waals surface area contributed by atoms with Gasteiger partial charge in [0.1, 0.15) is 5.75 Å². The Labute approximate surface area is 95.7 Å². The number of phenolic OH excluding ortho intramolecular Hbond substituents is 1. The number of rotatable bonds is 5. The number of phenols is 1. The molecule has 0 saturated heterocycles. The quantitative estimate of drug-likeness (QED) is 0.805. The largest absolute Gasteiger partial charge is 0.508 e. The lowest BCUT2D eigenvalue weighted by molar-refractivity contribution is 0.321. The maximum Gasteiger partial charge on any atom is 0.120 e. The molecule has 0 aliphatic heterocycles. The molecular formula is C11H17ClN2O. The molecule has 2 N–H and O–H groups in total. The molecule has 0 heterocycles. The van der Waals surface area contributed by atoms with Crippen molar-refractivity contribution in [3.05, 3.63) is 28.8 Å². The number of hydrogen-bond acceptors (Lipinski definition) is 3. The Bertz CT molecular complexity index is 317. The lowest BCUT2D eigenvalue weighted by atomic mass is 10.2. The molecule has 3 nitrogen and oxygen atoms in total. The van der Waals surface area contributed by atoms with Gasteiger partial charge >= 0.3 is 0 Å². The van der Waals surface area contributed by atoms with Crippen LogP contribution in [0.1, 0.15) is 5.56 Å². The van der Waals surface area contributed by atoms with Crippen molar-refractivity contribution in [2.24, 2.45) is 0 Å². The average Bonchev–Trinajstić information content (AvgIpc) is 2.20. The van der Waals surface area contributed by atoms with Gasteiger partial charge in [-0.3, -0.25) is 0 Å². The third-order valence-corrected chi connectivity index (χ3v) is 2.46. The van der Waals surface area contributed by atoms with Crippen LogP contribution in [0, 0.1) is 0 Å². The maximum atomic E-state index is 9.61. The van der Waals surface area contributed by atoms with Crippen LogP contribution in [0.15, 0.2) is 18.2 Å². The Morgan fingerprint density at radius 1 is 1.47 bits per heavy atom. The Balaban J connectivity index is 2.59. The minimum atomic E-state index is 0.302. The van der Waals surface area contributed by atoms with Gasteiger partial charge in [-0.2, -0.15) is 0 Å². The molecule has 15 heavy (non-hydrogen) atoms. The summed E-state index contributed by atoms with van der Waals surface area (Å²) in [5, 5.41) is 13.3. The van der Waals surface area contributed by atoms with Crippen LogP contribution in [0.5, 0.6) is 5.75 Å². The third-order valence-electron chi connectivity index (χ3n) is 2.23. The van der Waals surface area contributed by atoms with E-state index in [-0.39, 0.29) is 0 Å². The molecule has 0 bridgehead atoms. The van der Waals surface area contributed by atoms with E-state index in [2.05, 4.69) is 10.2 Å². The SMILES string of the molecule is CNCCN(C)Cc1cc(Cl)ccc1O. The minimum absolute atomic E-state index is 0.302. The molecule has 0 amide bonds. The Kier molecular flexibility index (Phi) is 4.88. The van der Waals surface area contributed by atoms with Gasteiger partial charge in [-0.15, -0.1) is 0 Å². The lowest BCUT2D eigenvalue weighted by Gasteiger charge is -2.17. The molecule has 0 radical (unpaired) electrons. The fourth-order valence-corrected chi connectivity index (χ4v) is 1.55. The van der Waals surface area contributed by atoms with Crippen LogP contribution >= 0.6 is 11.6 Å². The Morgan fingerprint density at radius 2 is 2.20 bits per heavy atom. The van der Waals surface area contributed by atoms with Crippen molar-refractivity contribution >= 4 is 11.6 Å². The van der Waals surface area contributed by atoms with Crippen LogP contribution in [0.2, 0.25) is 5.02 Å². The van der Waals surface area contributed by atoms with E-state index in [0.717, 1.165) is 18.7 Å². The monoisotopic (exact) mass is 228 g/mol. The second-order valence-corrected chi connectivity index (χ2v) is 4.05. The standard InChI is InChI=1S/C11H17ClN2O/c1-13-5-6-14(2)8-9-7-10(12)3-4-11(9)15/h3-4,7,13,15H,5-6,8H2,1-2H3. The maximum absolute atomic E-state index is 9.61. The summed E-state index contributed by atoms with van der Waals surface area (Å²) in [6.07, 6.45) is 0. The van der Waals surface area contributed by atoms with Crippen molar-refractivity contribution in [1.29, 1.82) is 0 Å². The number of nitrogens with one attached hydrogen (secondary N) is 1. The molecule has 1 rings (SSSR count). The first kappa shape index (κ1) is 12.3. The van der Waals surface area contributed by atoms with E-state index in [1.54, 1.807) is 18.2 Å². The zero-order valence-electron chi connectivity index (χ0n) is 9.13. The van der Waals surface area contributed by atoms with E-state index in [4.69, 9.17) is 11.6 Å². The highest BCUT2D eigenvalue weighted by Gasteiger charge is 2.05. The number of benzene rings is 1. The molecule has 0 aromatic heterocycles. The van der Waals surface area contributed by atoms with Crippen LogP contribution in [-0.4, -0.2) is 37.2 Å². The van der Waals surface area contributed by atoms with Gasteiger partial charge < -0.3 is 15.3 Å². The molecule has 0 unspecified atom stereocenters. The summed E-state index contributed by atoms with van der Waals surface area (Å²) in [5.74, 6) is 0.302. The number of halogens is 1. The highest BCUT2D eigenvalue weighted by molar-refractivity contribution is 6.30. The number of hydrogen-bond donors (Lipinski definition) is 2. The fourth-order valence-electron chi connectivity index (χ4n) is 1.35. The molecule has 84 valence electrons. The molecule has 0 aliphatic rings. The van der Waals surface area contributed by atoms with Crippen molar-refractivity contribution in [2.45, 2.75) is 6.54 Å². The summed E-state index contributed by atoms with van der Waals surface area (Å²) < 4.78 is 0. The molecular weight excluding hydrogens is 212 g/mol. The predicted octanol–water partition coefficient (Wildman–Crippen LogP) is 1.70. The highest BCUT2D eigenvalue weighted by atomic mass is 35.5. The summed E-state index contributed by atoms with van der Waals surface area (Å²) in [6.45, 7) is 2.56. The van der Waals surface area contributed by atoms with Crippen LogP contribution in [0.3, 0.4) is 0 Å². The molecule has 4 heteroatoms. The first-order valence-corrected chi connectivity index (χ1v) is 5.32. The van der Waals surface area contributed by atoms with Crippen molar-refractivity contribution in [3.63, 3.8) is 0 Å². The third kappa shape index (κ3) is 4.08. The molecule has 0 spiro atoms. The predicted molar refractivity (Wildman–Crippen MR) is 63.4 cm³/mol. The molecule has 1 aromatic carbocycles. The lowest BCUT2D eigenvalue weighted by Crippen LogP contribution is -2.26. The van der Waals surface area contributed by atoms with E-state index in [1.165, 1.54) is 0 Å². The summed E-state index contributed by atoms with van der Waals surface area (Å²) >= 11 is 5.86. The van der Waals surface area contributed by atoms with E-state index >= 15 is 0 Å². The highest BCUT2D eigenvalue weighted by Crippen LogP contribution is 2.22. The number of nitrogens with zero attached hydrogens (tertiary/aromatic N) is 1. The molecule has 1 aromatic rings. The normalized spacial score (nSPS) is 10.9. The summed E-state index contributed by atoms with van der Waals surface area (Å²) in [7, 11) is 3.93. The second kappa shape index (κ2) is 5.95. The van der Waals surface area contributed by atoms with E-state index in [0.29, 0.717) is 17.3 Å². The Morgan fingerprint density at radius 3 is 2.87 bits per heavy atom. The Hall–Kier alpha value is -0.770. The summed E-state index contributed by atoms with van der Waals surface area (Å²) in [4.78, 5) is 2.13. The summed E-state index contributed by atoms with van der Waals surface area (Å²) in [5.41, 5.74) is 0.862. The minimum Gasteiger partial charge on any atom is -0.508 e. The van der Waals surface area contributed by atoms with Gasteiger partial charge in [0.25, 0.3) is 0 Å². The van der Waals surface area contributed by atoms with Crippen molar-refractivity contribution in [2.75, 3.05) is 27.2 Å². The van der Waals surface area contributed by atoms with Crippen LogP contribution < -0.4 is 5.32 Å².